The first kappa shape index (κ1) is 20.3. The number of rotatable bonds is 8. The van der Waals surface area contributed by atoms with Gasteiger partial charge in [-0.2, -0.15) is 0 Å². The van der Waals surface area contributed by atoms with E-state index in [4.69, 9.17) is 4.42 Å². The van der Waals surface area contributed by atoms with Crippen molar-refractivity contribution >= 4 is 27.1 Å². The number of sulfone groups is 1. The average Bonchev–Trinajstić information content (AvgIpc) is 3.35. The second kappa shape index (κ2) is 8.72. The molecule has 1 unspecified atom stereocenters. The van der Waals surface area contributed by atoms with Gasteiger partial charge in [0, 0.05) is 35.0 Å². The number of aryl methyl sites for hydroxylation is 1. The fraction of sp³-hybridized carbons (Fsp3) is 0.250. The summed E-state index contributed by atoms with van der Waals surface area (Å²) in [5.74, 6) is 0.565. The van der Waals surface area contributed by atoms with E-state index in [1.165, 1.54) is 11.3 Å². The van der Waals surface area contributed by atoms with Gasteiger partial charge in [-0.1, -0.05) is 12.1 Å². The van der Waals surface area contributed by atoms with Crippen molar-refractivity contribution in [2.45, 2.75) is 23.8 Å². The fourth-order valence-corrected chi connectivity index (χ4v) is 4.17. The minimum absolute atomic E-state index is 0.129. The maximum atomic E-state index is 12.0. The Balaban J connectivity index is 1.46. The van der Waals surface area contributed by atoms with Crippen molar-refractivity contribution in [3.8, 4) is 11.3 Å². The standard InChI is InChI=1S/C20H21NO5S2/c1-28(24,25)16-7-4-14(5-8-16)6-9-20(23)21-12-17(22)19-11-15(13-27-19)18-3-2-10-26-18/h2-5,7-8,10-11,13,17,22H,6,9,12H2,1H3,(H,21,23). The molecule has 0 fully saturated rings. The second-order valence-electron chi connectivity index (χ2n) is 6.45. The normalized spacial score (nSPS) is 12.6. The highest BCUT2D eigenvalue weighted by Crippen LogP contribution is 2.29. The minimum Gasteiger partial charge on any atom is -0.464 e. The van der Waals surface area contributed by atoms with Crippen LogP contribution in [-0.4, -0.2) is 32.2 Å². The number of furan rings is 1. The van der Waals surface area contributed by atoms with E-state index < -0.39 is 15.9 Å². The summed E-state index contributed by atoms with van der Waals surface area (Å²) in [5.41, 5.74) is 1.78. The zero-order chi connectivity index (χ0) is 20.1. The lowest BCUT2D eigenvalue weighted by atomic mass is 10.1. The Kier molecular flexibility index (Phi) is 6.33. The number of amides is 1. The number of aliphatic hydroxyl groups excluding tert-OH is 1. The molecule has 0 aliphatic carbocycles. The number of hydrogen-bond donors (Lipinski definition) is 2. The monoisotopic (exact) mass is 419 g/mol. The first-order valence-electron chi connectivity index (χ1n) is 8.69. The lowest BCUT2D eigenvalue weighted by molar-refractivity contribution is -0.121. The molecular formula is C20H21NO5S2. The van der Waals surface area contributed by atoms with E-state index in [0.29, 0.717) is 6.42 Å². The highest BCUT2D eigenvalue weighted by Gasteiger charge is 2.14. The highest BCUT2D eigenvalue weighted by molar-refractivity contribution is 7.90. The quantitative estimate of drug-likeness (QED) is 0.584. The summed E-state index contributed by atoms with van der Waals surface area (Å²) < 4.78 is 28.2. The molecule has 28 heavy (non-hydrogen) atoms. The molecule has 0 spiro atoms. The molecule has 1 amide bonds. The SMILES string of the molecule is CS(=O)(=O)c1ccc(CCC(=O)NCC(O)c2cc(-c3ccco3)cs2)cc1. The van der Waals surface area contributed by atoms with Crippen LogP contribution in [-0.2, 0) is 21.1 Å². The third kappa shape index (κ3) is 5.31. The van der Waals surface area contributed by atoms with Crippen molar-refractivity contribution in [1.82, 2.24) is 5.32 Å². The lowest BCUT2D eigenvalue weighted by Gasteiger charge is -2.10. The number of carbonyl (C=O) groups excluding carboxylic acids is 1. The van der Waals surface area contributed by atoms with Gasteiger partial charge in [-0.05, 0) is 42.3 Å². The molecule has 0 aliphatic heterocycles. The molecule has 3 aromatic rings. The smallest absolute Gasteiger partial charge is 0.220 e. The number of carbonyl (C=O) groups is 1. The van der Waals surface area contributed by atoms with Gasteiger partial charge in [-0.15, -0.1) is 11.3 Å². The van der Waals surface area contributed by atoms with Gasteiger partial charge >= 0.3 is 0 Å². The van der Waals surface area contributed by atoms with Crippen LogP contribution in [0.25, 0.3) is 11.3 Å². The van der Waals surface area contributed by atoms with Crippen molar-refractivity contribution in [1.29, 1.82) is 0 Å². The second-order valence-corrected chi connectivity index (χ2v) is 9.41. The van der Waals surface area contributed by atoms with Gasteiger partial charge in [0.2, 0.25) is 5.91 Å². The van der Waals surface area contributed by atoms with E-state index in [-0.39, 0.29) is 23.8 Å². The molecule has 1 aromatic carbocycles. The third-order valence-corrected chi connectivity index (χ3v) is 6.40. The Labute approximate surface area is 167 Å². The van der Waals surface area contributed by atoms with Crippen LogP contribution in [0.1, 0.15) is 23.0 Å². The largest absolute Gasteiger partial charge is 0.464 e. The Bertz CT molecular complexity index is 1020. The molecule has 2 N–H and O–H groups in total. The van der Waals surface area contributed by atoms with Crippen molar-refractivity contribution in [2.24, 2.45) is 0 Å². The molecular weight excluding hydrogens is 398 g/mol. The van der Waals surface area contributed by atoms with Gasteiger partial charge in [0.05, 0.1) is 11.2 Å². The maximum Gasteiger partial charge on any atom is 0.220 e. The van der Waals surface area contributed by atoms with Crippen LogP contribution in [0.3, 0.4) is 0 Å². The first-order chi connectivity index (χ1) is 13.3. The van der Waals surface area contributed by atoms with Crippen LogP contribution < -0.4 is 5.32 Å². The Morgan fingerprint density at radius 1 is 1.25 bits per heavy atom. The van der Waals surface area contributed by atoms with E-state index in [1.807, 2.05) is 17.5 Å². The number of aliphatic hydroxyl groups is 1. The summed E-state index contributed by atoms with van der Waals surface area (Å²) in [4.78, 5) is 13.1. The van der Waals surface area contributed by atoms with Gasteiger partial charge in [-0.3, -0.25) is 4.79 Å². The Hall–Kier alpha value is -2.42. The predicted molar refractivity (Wildman–Crippen MR) is 108 cm³/mol. The predicted octanol–water partition coefficient (Wildman–Crippen LogP) is 3.19. The van der Waals surface area contributed by atoms with Crippen LogP contribution >= 0.6 is 11.3 Å². The van der Waals surface area contributed by atoms with Crippen LogP contribution in [0.2, 0.25) is 0 Å². The molecule has 0 saturated heterocycles. The molecule has 6 nitrogen and oxygen atoms in total. The van der Waals surface area contributed by atoms with Crippen LogP contribution in [0.5, 0.6) is 0 Å². The zero-order valence-electron chi connectivity index (χ0n) is 15.3. The molecule has 2 heterocycles. The zero-order valence-corrected chi connectivity index (χ0v) is 16.9. The summed E-state index contributed by atoms with van der Waals surface area (Å²) >= 11 is 1.41. The molecule has 8 heteroatoms. The molecule has 3 rings (SSSR count). The van der Waals surface area contributed by atoms with Crippen molar-refractivity contribution in [3.63, 3.8) is 0 Å². The number of nitrogens with one attached hydrogen (secondary N) is 1. The summed E-state index contributed by atoms with van der Waals surface area (Å²) in [5, 5.41) is 14.9. The molecule has 1 atom stereocenters. The lowest BCUT2D eigenvalue weighted by Crippen LogP contribution is -2.28. The van der Waals surface area contributed by atoms with E-state index in [2.05, 4.69) is 5.32 Å². The molecule has 0 aliphatic rings. The van der Waals surface area contributed by atoms with Crippen LogP contribution in [0.15, 0.2) is 63.4 Å². The van der Waals surface area contributed by atoms with Gasteiger partial charge in [-0.25, -0.2) is 8.42 Å². The molecule has 148 valence electrons. The van der Waals surface area contributed by atoms with Gasteiger partial charge < -0.3 is 14.8 Å². The molecule has 0 bridgehead atoms. The number of hydrogen-bond acceptors (Lipinski definition) is 6. The van der Waals surface area contributed by atoms with Gasteiger partial charge in [0.15, 0.2) is 9.84 Å². The molecule has 0 radical (unpaired) electrons. The Morgan fingerprint density at radius 2 is 2.00 bits per heavy atom. The maximum absolute atomic E-state index is 12.0. The van der Waals surface area contributed by atoms with E-state index in [9.17, 15) is 18.3 Å². The number of benzene rings is 1. The van der Waals surface area contributed by atoms with E-state index in [1.54, 1.807) is 36.6 Å². The molecule has 0 saturated carbocycles. The van der Waals surface area contributed by atoms with E-state index >= 15 is 0 Å². The summed E-state index contributed by atoms with van der Waals surface area (Å²) in [7, 11) is -3.22. The third-order valence-electron chi connectivity index (χ3n) is 4.24. The topological polar surface area (TPSA) is 96.6 Å². The van der Waals surface area contributed by atoms with E-state index in [0.717, 1.165) is 28.0 Å². The molecule has 2 aromatic heterocycles. The highest BCUT2D eigenvalue weighted by atomic mass is 32.2. The minimum atomic E-state index is -3.22. The van der Waals surface area contributed by atoms with Crippen molar-refractivity contribution in [2.75, 3.05) is 12.8 Å². The van der Waals surface area contributed by atoms with Crippen molar-refractivity contribution in [3.05, 3.63) is 64.5 Å². The summed E-state index contributed by atoms with van der Waals surface area (Å²) in [6, 6.07) is 12.0. The van der Waals surface area contributed by atoms with Crippen molar-refractivity contribution < 1.29 is 22.7 Å². The summed E-state index contributed by atoms with van der Waals surface area (Å²) in [6.07, 6.45) is 2.72. The first-order valence-corrected chi connectivity index (χ1v) is 11.5. The Morgan fingerprint density at radius 3 is 2.64 bits per heavy atom. The van der Waals surface area contributed by atoms with Gasteiger partial charge in [0.25, 0.3) is 0 Å². The summed E-state index contributed by atoms with van der Waals surface area (Å²) in [6.45, 7) is 0.129. The van der Waals surface area contributed by atoms with Crippen LogP contribution in [0.4, 0.5) is 0 Å². The van der Waals surface area contributed by atoms with Gasteiger partial charge in [0.1, 0.15) is 11.9 Å². The van der Waals surface area contributed by atoms with Crippen LogP contribution in [0, 0.1) is 0 Å². The average molecular weight is 420 g/mol. The fourth-order valence-electron chi connectivity index (χ4n) is 2.66. The number of thiophene rings is 1.